The topological polar surface area (TPSA) is 63.3 Å². The van der Waals surface area contributed by atoms with Crippen LogP contribution in [-0.4, -0.2) is 62.3 Å². The largest absolute Gasteiger partial charge is 0.496 e. The molecular weight excluding hydrogens is 533 g/mol. The molecule has 0 aliphatic carbocycles. The second-order valence-electron chi connectivity index (χ2n) is 12.0. The number of methoxy groups -OCH3 is 1. The van der Waals surface area contributed by atoms with Gasteiger partial charge in [-0.3, -0.25) is 0 Å². The molecule has 1 aliphatic rings. The first-order valence-corrected chi connectivity index (χ1v) is 14.5. The van der Waals surface area contributed by atoms with E-state index in [2.05, 4.69) is 38.2 Å². The molecule has 1 heterocycles. The Labute approximate surface area is 249 Å². The monoisotopic (exact) mass is 577 g/mol. The van der Waals surface area contributed by atoms with Crippen LogP contribution in [0.25, 0.3) is 11.1 Å². The summed E-state index contributed by atoms with van der Waals surface area (Å²) in [7, 11) is 5.55. The van der Waals surface area contributed by atoms with Crippen LogP contribution in [0.2, 0.25) is 0 Å². The number of likely N-dealkylation sites (N-methyl/N-ethyl adjacent to an activating group) is 2. The van der Waals surface area contributed by atoms with E-state index in [4.69, 9.17) is 14.2 Å². The number of anilines is 1. The van der Waals surface area contributed by atoms with Gasteiger partial charge in [0.1, 0.15) is 29.7 Å². The van der Waals surface area contributed by atoms with Crippen LogP contribution in [0.15, 0.2) is 48.5 Å². The summed E-state index contributed by atoms with van der Waals surface area (Å²) in [5, 5.41) is 3.69. The Morgan fingerprint density at radius 2 is 1.79 bits per heavy atom. The maximum absolute atomic E-state index is 14.1. The van der Waals surface area contributed by atoms with Crippen molar-refractivity contribution < 1.29 is 23.4 Å². The molecule has 1 atom stereocenters. The Hall–Kier alpha value is -3.78. The lowest BCUT2D eigenvalue weighted by Crippen LogP contribution is -2.38. The van der Waals surface area contributed by atoms with E-state index in [1.807, 2.05) is 38.9 Å². The lowest BCUT2D eigenvalue weighted by molar-refractivity contribution is 0.150. The van der Waals surface area contributed by atoms with Gasteiger partial charge < -0.3 is 29.3 Å². The van der Waals surface area contributed by atoms with Crippen LogP contribution in [0.5, 0.6) is 17.2 Å². The van der Waals surface area contributed by atoms with Crippen molar-refractivity contribution >= 4 is 11.8 Å². The quantitative estimate of drug-likeness (QED) is 0.270. The van der Waals surface area contributed by atoms with Gasteiger partial charge in [0.05, 0.1) is 7.11 Å². The van der Waals surface area contributed by atoms with Crippen molar-refractivity contribution in [3.8, 4) is 28.4 Å². The van der Waals surface area contributed by atoms with Gasteiger partial charge in [-0.15, -0.1) is 0 Å². The highest BCUT2D eigenvalue weighted by Gasteiger charge is 2.32. The van der Waals surface area contributed by atoms with Crippen LogP contribution < -0.4 is 19.5 Å². The first kappa shape index (κ1) is 31.2. The predicted octanol–water partition coefficient (Wildman–Crippen LogP) is 7.47. The zero-order valence-electron chi connectivity index (χ0n) is 26.1. The summed E-state index contributed by atoms with van der Waals surface area (Å²) >= 11 is 0. The molecule has 8 heteroatoms. The number of rotatable bonds is 10. The van der Waals surface area contributed by atoms with E-state index in [9.17, 15) is 9.18 Å². The summed E-state index contributed by atoms with van der Waals surface area (Å²) in [5.74, 6) is 1.43. The minimum atomic E-state index is -0.398. The smallest absolute Gasteiger partial charge is 0.415 e. The normalized spacial score (nSPS) is 15.5. The van der Waals surface area contributed by atoms with Gasteiger partial charge in [-0.25, -0.2) is 9.18 Å². The van der Waals surface area contributed by atoms with E-state index >= 15 is 0 Å². The summed E-state index contributed by atoms with van der Waals surface area (Å²) < 4.78 is 31.9. The highest BCUT2D eigenvalue weighted by Crippen LogP contribution is 2.46. The lowest BCUT2D eigenvalue weighted by atomic mass is 9.78. The Morgan fingerprint density at radius 3 is 2.48 bits per heavy atom. The van der Waals surface area contributed by atoms with Crippen LogP contribution >= 0.6 is 0 Å². The standard InChI is InChI=1S/C34H44FN3O4/c1-9-38(17-16-37(6)7)33(39)42-25-12-13-27(31(19-25)40-8)26-14-15-29-32(23(3)20-34(4,5)36-29)28(26)21-41-30-18-24(35)11-10-22(30)2/h10-15,18-19,23,36H,9,16-17,20-21H2,1-8H3. The fourth-order valence-corrected chi connectivity index (χ4v) is 5.73. The average molecular weight is 578 g/mol. The van der Waals surface area contributed by atoms with E-state index in [-0.39, 0.29) is 23.9 Å². The molecule has 4 rings (SSSR count). The maximum Gasteiger partial charge on any atom is 0.415 e. The number of aryl methyl sites for hydroxylation is 1. The Morgan fingerprint density at radius 1 is 1.05 bits per heavy atom. The highest BCUT2D eigenvalue weighted by molar-refractivity contribution is 5.80. The summed E-state index contributed by atoms with van der Waals surface area (Å²) in [4.78, 5) is 16.6. The number of nitrogens with one attached hydrogen (secondary N) is 1. The minimum Gasteiger partial charge on any atom is -0.496 e. The van der Waals surface area contributed by atoms with Gasteiger partial charge in [0, 0.05) is 54.1 Å². The van der Waals surface area contributed by atoms with E-state index in [0.717, 1.165) is 40.9 Å². The zero-order valence-corrected chi connectivity index (χ0v) is 26.1. The van der Waals surface area contributed by atoms with Crippen molar-refractivity contribution in [3.63, 3.8) is 0 Å². The Kier molecular flexibility index (Phi) is 9.67. The minimum absolute atomic E-state index is 0.0483. The number of carbonyl (C=O) groups excluding carboxylic acids is 1. The number of fused-ring (bicyclic) bond motifs is 1. The number of carbonyl (C=O) groups is 1. The van der Waals surface area contributed by atoms with Crippen molar-refractivity contribution in [2.75, 3.05) is 46.2 Å². The predicted molar refractivity (Wildman–Crippen MR) is 166 cm³/mol. The van der Waals surface area contributed by atoms with Gasteiger partial charge >= 0.3 is 6.09 Å². The molecular formula is C34H44FN3O4. The third-order valence-corrected chi connectivity index (χ3v) is 7.79. The van der Waals surface area contributed by atoms with Crippen molar-refractivity contribution in [2.45, 2.75) is 59.1 Å². The molecule has 1 N–H and O–H groups in total. The molecule has 0 fully saturated rings. The van der Waals surface area contributed by atoms with Crippen LogP contribution in [0, 0.1) is 12.7 Å². The Balaban J connectivity index is 1.72. The first-order chi connectivity index (χ1) is 19.9. The SMILES string of the molecule is CCN(CCN(C)C)C(=O)Oc1ccc(-c2ccc3c(c2COc2cc(F)ccc2C)C(C)CC(C)(C)N3)c(OC)c1. The second kappa shape index (κ2) is 13.0. The number of halogens is 1. The molecule has 0 saturated heterocycles. The summed E-state index contributed by atoms with van der Waals surface area (Å²) in [6, 6.07) is 14.2. The number of hydrogen-bond donors (Lipinski definition) is 1. The molecule has 226 valence electrons. The average Bonchev–Trinajstić information content (AvgIpc) is 2.92. The number of ether oxygens (including phenoxy) is 3. The van der Waals surface area contributed by atoms with Crippen molar-refractivity contribution in [2.24, 2.45) is 0 Å². The van der Waals surface area contributed by atoms with E-state index < -0.39 is 6.09 Å². The second-order valence-corrected chi connectivity index (χ2v) is 12.0. The first-order valence-electron chi connectivity index (χ1n) is 14.5. The molecule has 7 nitrogen and oxygen atoms in total. The zero-order chi connectivity index (χ0) is 30.6. The van der Waals surface area contributed by atoms with Gasteiger partial charge in [-0.1, -0.05) is 19.1 Å². The van der Waals surface area contributed by atoms with Gasteiger partial charge in [0.15, 0.2) is 0 Å². The number of amides is 1. The Bertz CT molecular complexity index is 1420. The van der Waals surface area contributed by atoms with Crippen LogP contribution in [0.4, 0.5) is 14.9 Å². The van der Waals surface area contributed by atoms with E-state index in [1.165, 1.54) is 17.7 Å². The van der Waals surface area contributed by atoms with E-state index in [0.29, 0.717) is 30.3 Å². The fraction of sp³-hybridized carbons (Fsp3) is 0.441. The number of nitrogens with zero attached hydrogens (tertiary/aromatic N) is 2. The summed E-state index contributed by atoms with van der Waals surface area (Å²) in [6.45, 7) is 12.6. The van der Waals surface area contributed by atoms with Crippen molar-refractivity contribution in [1.82, 2.24) is 9.80 Å². The molecule has 0 spiro atoms. The third-order valence-electron chi connectivity index (χ3n) is 7.79. The number of hydrogen-bond acceptors (Lipinski definition) is 6. The fourth-order valence-electron chi connectivity index (χ4n) is 5.73. The van der Waals surface area contributed by atoms with Crippen LogP contribution in [0.3, 0.4) is 0 Å². The highest BCUT2D eigenvalue weighted by atomic mass is 19.1. The molecule has 1 amide bonds. The maximum atomic E-state index is 14.1. The van der Waals surface area contributed by atoms with Crippen LogP contribution in [0.1, 0.15) is 56.7 Å². The molecule has 1 aliphatic heterocycles. The summed E-state index contributed by atoms with van der Waals surface area (Å²) in [5.41, 5.74) is 5.88. The lowest BCUT2D eigenvalue weighted by Gasteiger charge is -2.39. The van der Waals surface area contributed by atoms with Gasteiger partial charge in [-0.05, 0) is 95.1 Å². The molecule has 0 aromatic heterocycles. The van der Waals surface area contributed by atoms with E-state index in [1.54, 1.807) is 30.2 Å². The van der Waals surface area contributed by atoms with Crippen molar-refractivity contribution in [1.29, 1.82) is 0 Å². The molecule has 1 unspecified atom stereocenters. The van der Waals surface area contributed by atoms with Crippen LogP contribution in [-0.2, 0) is 6.61 Å². The van der Waals surface area contributed by atoms with Gasteiger partial charge in [0.25, 0.3) is 0 Å². The number of benzene rings is 3. The molecule has 0 saturated carbocycles. The molecule has 42 heavy (non-hydrogen) atoms. The van der Waals surface area contributed by atoms with Crippen molar-refractivity contribution in [3.05, 3.63) is 71.0 Å². The molecule has 0 bridgehead atoms. The molecule has 3 aromatic carbocycles. The summed E-state index contributed by atoms with van der Waals surface area (Å²) in [6.07, 6.45) is 0.549. The van der Waals surface area contributed by atoms with Gasteiger partial charge in [-0.2, -0.15) is 0 Å². The van der Waals surface area contributed by atoms with Gasteiger partial charge in [0.2, 0.25) is 0 Å². The molecule has 3 aromatic rings. The third kappa shape index (κ3) is 7.16. The molecule has 0 radical (unpaired) electrons.